The van der Waals surface area contributed by atoms with Crippen LogP contribution < -0.4 is 4.74 Å². The molecule has 0 bridgehead atoms. The third-order valence-corrected chi connectivity index (χ3v) is 6.06. The highest BCUT2D eigenvalue weighted by atomic mass is 19.1. The monoisotopic (exact) mass is 417 g/mol. The van der Waals surface area contributed by atoms with Crippen LogP contribution in [0.1, 0.15) is 28.8 Å². The van der Waals surface area contributed by atoms with E-state index in [0.29, 0.717) is 25.9 Å². The lowest BCUT2D eigenvalue weighted by atomic mass is 9.87. The summed E-state index contributed by atoms with van der Waals surface area (Å²) in [6.07, 6.45) is 5.38. The van der Waals surface area contributed by atoms with E-state index in [4.69, 9.17) is 4.74 Å². The van der Waals surface area contributed by atoms with Gasteiger partial charge in [0, 0.05) is 37.6 Å². The van der Waals surface area contributed by atoms with Crippen molar-refractivity contribution in [3.05, 3.63) is 95.6 Å². The van der Waals surface area contributed by atoms with Gasteiger partial charge in [-0.3, -0.25) is 4.79 Å². The fourth-order valence-electron chi connectivity index (χ4n) is 4.27. The van der Waals surface area contributed by atoms with Crippen LogP contribution in [0, 0.1) is 11.6 Å². The third kappa shape index (κ3) is 3.72. The number of halogens is 2. The van der Waals surface area contributed by atoms with E-state index in [9.17, 15) is 13.6 Å². The van der Waals surface area contributed by atoms with Gasteiger partial charge in [-0.2, -0.15) is 0 Å². The Morgan fingerprint density at radius 1 is 0.903 bits per heavy atom. The van der Waals surface area contributed by atoms with Gasteiger partial charge in [0.15, 0.2) is 0 Å². The Morgan fingerprint density at radius 2 is 1.68 bits per heavy atom. The summed E-state index contributed by atoms with van der Waals surface area (Å²) in [5.41, 5.74) is 2.73. The minimum absolute atomic E-state index is 0.101. The van der Waals surface area contributed by atoms with Gasteiger partial charge in [-0.1, -0.05) is 42.5 Å². The summed E-state index contributed by atoms with van der Waals surface area (Å²) >= 11 is 0. The van der Waals surface area contributed by atoms with E-state index < -0.39 is 23.1 Å². The van der Waals surface area contributed by atoms with E-state index in [1.807, 2.05) is 24.3 Å². The predicted octanol–water partition coefficient (Wildman–Crippen LogP) is 5.71. The van der Waals surface area contributed by atoms with Gasteiger partial charge in [0.1, 0.15) is 23.0 Å². The molecule has 1 amide bonds. The molecule has 2 aliphatic rings. The first-order valence-corrected chi connectivity index (χ1v) is 10.4. The summed E-state index contributed by atoms with van der Waals surface area (Å²) in [5, 5.41) is 0. The number of carbonyl (C=O) groups excluding carboxylic acids is 1. The molecule has 0 aliphatic carbocycles. The van der Waals surface area contributed by atoms with Crippen molar-refractivity contribution < 1.29 is 18.3 Å². The Bertz CT molecular complexity index is 1170. The van der Waals surface area contributed by atoms with Crippen LogP contribution >= 0.6 is 0 Å². The molecule has 31 heavy (non-hydrogen) atoms. The molecule has 1 saturated heterocycles. The predicted molar refractivity (Wildman–Crippen MR) is 116 cm³/mol. The Kier molecular flexibility index (Phi) is 4.81. The highest BCUT2D eigenvalue weighted by Crippen LogP contribution is 2.39. The quantitative estimate of drug-likeness (QED) is 0.534. The Balaban J connectivity index is 1.30. The zero-order chi connectivity index (χ0) is 21.4. The summed E-state index contributed by atoms with van der Waals surface area (Å²) in [7, 11) is 0. The van der Waals surface area contributed by atoms with E-state index in [-0.39, 0.29) is 5.56 Å². The van der Waals surface area contributed by atoms with Crippen LogP contribution in [0.5, 0.6) is 5.75 Å². The molecule has 3 aromatic carbocycles. The maximum absolute atomic E-state index is 14.0. The number of ether oxygens (including phenoxy) is 1. The molecule has 0 atom stereocenters. The number of likely N-dealkylation sites (tertiary alicyclic amines) is 1. The molecule has 2 heterocycles. The minimum Gasteiger partial charge on any atom is -0.482 e. The number of piperidine rings is 1. The molecule has 0 unspecified atom stereocenters. The second kappa shape index (κ2) is 7.65. The van der Waals surface area contributed by atoms with Gasteiger partial charge in [0.25, 0.3) is 5.91 Å². The van der Waals surface area contributed by atoms with Crippen molar-refractivity contribution in [2.75, 3.05) is 13.1 Å². The normalized spacial score (nSPS) is 16.6. The lowest BCUT2D eigenvalue weighted by molar-refractivity contribution is 0.0327. The number of carbonyl (C=O) groups is 1. The molecule has 0 saturated carbocycles. The van der Waals surface area contributed by atoms with Crippen molar-refractivity contribution in [1.82, 2.24) is 4.90 Å². The number of benzene rings is 3. The Hall–Kier alpha value is -3.47. The first-order valence-electron chi connectivity index (χ1n) is 10.4. The van der Waals surface area contributed by atoms with Crippen molar-refractivity contribution in [3.63, 3.8) is 0 Å². The van der Waals surface area contributed by atoms with E-state index in [1.165, 1.54) is 6.07 Å². The van der Waals surface area contributed by atoms with E-state index >= 15 is 0 Å². The van der Waals surface area contributed by atoms with Crippen LogP contribution in [0.3, 0.4) is 0 Å². The largest absolute Gasteiger partial charge is 0.482 e. The van der Waals surface area contributed by atoms with Crippen LogP contribution in [0.4, 0.5) is 8.78 Å². The molecule has 0 aromatic heterocycles. The molecule has 0 radical (unpaired) electrons. The van der Waals surface area contributed by atoms with Crippen LogP contribution in [0.25, 0.3) is 17.2 Å². The lowest BCUT2D eigenvalue weighted by Crippen LogP contribution is -2.49. The standard InChI is InChI=1S/C26H21F2NO2/c27-21-7-8-22(23(28)17-21)25(30)29-14-12-26(13-15-29)11-10-20-16-19(6-9-24(20)31-26)18-4-2-1-3-5-18/h1-11,16-17H,12-15H2. The van der Waals surface area contributed by atoms with Gasteiger partial charge in [-0.15, -0.1) is 0 Å². The second-order valence-electron chi connectivity index (χ2n) is 8.04. The van der Waals surface area contributed by atoms with Crippen molar-refractivity contribution in [3.8, 4) is 16.9 Å². The first kappa shape index (κ1) is 19.5. The first-order chi connectivity index (χ1) is 15.0. The second-order valence-corrected chi connectivity index (χ2v) is 8.04. The van der Waals surface area contributed by atoms with E-state index in [2.05, 4.69) is 36.4 Å². The smallest absolute Gasteiger partial charge is 0.256 e. The molecular formula is C26H21F2NO2. The molecule has 2 aliphatic heterocycles. The van der Waals surface area contributed by atoms with Gasteiger partial charge in [0.2, 0.25) is 0 Å². The summed E-state index contributed by atoms with van der Waals surface area (Å²) < 4.78 is 33.5. The highest BCUT2D eigenvalue weighted by Gasteiger charge is 2.38. The molecule has 0 N–H and O–H groups in total. The summed E-state index contributed by atoms with van der Waals surface area (Å²) in [5.74, 6) is -1.12. The van der Waals surface area contributed by atoms with Crippen LogP contribution in [-0.2, 0) is 0 Å². The number of nitrogens with zero attached hydrogens (tertiary/aromatic N) is 1. The van der Waals surface area contributed by atoms with E-state index in [0.717, 1.165) is 34.6 Å². The minimum atomic E-state index is -0.831. The molecule has 5 rings (SSSR count). The van der Waals surface area contributed by atoms with Crippen molar-refractivity contribution in [1.29, 1.82) is 0 Å². The van der Waals surface area contributed by atoms with Crippen LogP contribution in [0.15, 0.2) is 72.8 Å². The zero-order valence-electron chi connectivity index (χ0n) is 16.9. The molecule has 3 nitrogen and oxygen atoms in total. The highest BCUT2D eigenvalue weighted by molar-refractivity contribution is 5.94. The van der Waals surface area contributed by atoms with Gasteiger partial charge in [-0.05, 0) is 41.5 Å². The number of fused-ring (bicyclic) bond motifs is 1. The summed E-state index contributed by atoms with van der Waals surface area (Å²) in [6, 6.07) is 19.4. The average molecular weight is 417 g/mol. The maximum atomic E-state index is 14.0. The van der Waals surface area contributed by atoms with Gasteiger partial charge < -0.3 is 9.64 Å². The van der Waals surface area contributed by atoms with Gasteiger partial charge in [-0.25, -0.2) is 8.78 Å². The van der Waals surface area contributed by atoms with Gasteiger partial charge in [0.05, 0.1) is 5.56 Å². The molecule has 3 aromatic rings. The molecule has 1 spiro atoms. The van der Waals surface area contributed by atoms with Crippen molar-refractivity contribution in [2.24, 2.45) is 0 Å². The van der Waals surface area contributed by atoms with E-state index in [1.54, 1.807) is 4.90 Å². The van der Waals surface area contributed by atoms with Crippen molar-refractivity contribution >= 4 is 12.0 Å². The average Bonchev–Trinajstić information content (AvgIpc) is 2.79. The molecule has 1 fully saturated rings. The number of hydrogen-bond acceptors (Lipinski definition) is 2. The fourth-order valence-corrected chi connectivity index (χ4v) is 4.27. The topological polar surface area (TPSA) is 29.5 Å². The lowest BCUT2D eigenvalue weighted by Gasteiger charge is -2.42. The Labute approximate surface area is 179 Å². The summed E-state index contributed by atoms with van der Waals surface area (Å²) in [4.78, 5) is 14.3. The van der Waals surface area contributed by atoms with Gasteiger partial charge >= 0.3 is 0 Å². The Morgan fingerprint density at radius 3 is 2.42 bits per heavy atom. The SMILES string of the molecule is O=C(c1ccc(F)cc1F)N1CCC2(C=Cc3cc(-c4ccccc4)ccc3O2)CC1. The van der Waals surface area contributed by atoms with Crippen molar-refractivity contribution in [2.45, 2.75) is 18.4 Å². The fraction of sp³-hybridized carbons (Fsp3) is 0.192. The maximum Gasteiger partial charge on any atom is 0.256 e. The summed E-state index contributed by atoms with van der Waals surface area (Å²) in [6.45, 7) is 0.884. The van der Waals surface area contributed by atoms with Crippen LogP contribution in [0.2, 0.25) is 0 Å². The molecular weight excluding hydrogens is 396 g/mol. The van der Waals surface area contributed by atoms with Crippen LogP contribution in [-0.4, -0.2) is 29.5 Å². The molecule has 5 heteroatoms. The zero-order valence-corrected chi connectivity index (χ0v) is 16.9. The third-order valence-electron chi connectivity index (χ3n) is 6.06. The molecule has 156 valence electrons. The number of hydrogen-bond donors (Lipinski definition) is 0. The number of amides is 1. The number of rotatable bonds is 2.